The number of aromatic nitrogens is 2. The fourth-order valence-corrected chi connectivity index (χ4v) is 9.75. The van der Waals surface area contributed by atoms with Gasteiger partial charge < -0.3 is 39.5 Å². The number of benzene rings is 2. The number of phenols is 1. The minimum atomic E-state index is -1.19. The third-order valence-corrected chi connectivity index (χ3v) is 12.8. The number of aromatic hydroxyl groups is 1. The van der Waals surface area contributed by atoms with E-state index in [9.17, 15) is 24.3 Å². The summed E-state index contributed by atoms with van der Waals surface area (Å²) in [4.78, 5) is 61.8. The molecule has 3 aliphatic heterocycles. The number of pyridine rings is 1. The molecule has 3 aliphatic rings. The maximum absolute atomic E-state index is 14.7. The lowest BCUT2D eigenvalue weighted by Crippen LogP contribution is -2.66. The summed E-state index contributed by atoms with van der Waals surface area (Å²) in [6.07, 6.45) is 6.84. The molecule has 3 amide bonds. The van der Waals surface area contributed by atoms with Gasteiger partial charge in [-0.05, 0) is 109 Å². The van der Waals surface area contributed by atoms with Gasteiger partial charge in [-0.1, -0.05) is 39.8 Å². The zero-order valence-corrected chi connectivity index (χ0v) is 37.3. The summed E-state index contributed by atoms with van der Waals surface area (Å²) >= 11 is 0. The van der Waals surface area contributed by atoms with Crippen LogP contribution in [0.3, 0.4) is 0 Å². The number of likely N-dealkylation sites (N-methyl/N-ethyl adjacent to an activating group) is 1. The molecule has 62 heavy (non-hydrogen) atoms. The predicted molar refractivity (Wildman–Crippen MR) is 238 cm³/mol. The smallest absolute Gasteiger partial charge is 0.259 e. The Morgan fingerprint density at radius 1 is 1.15 bits per heavy atom. The van der Waals surface area contributed by atoms with Crippen LogP contribution in [0.5, 0.6) is 5.75 Å². The number of carbonyl (C=O) groups is 4. The number of rotatable bonds is 10. The van der Waals surface area contributed by atoms with E-state index in [2.05, 4.69) is 58.5 Å². The molecule has 4 aromatic rings. The SMILES string of the molecule is CCn1c(-c2cnccc2COC)c2c3cc(ccc31)-c1cc(O)cc(c1)C[C@H](NC(=O)[C@H](C(C)C)N(C)C(=O)[C@H]1CCNC1)C(=O)N1CCCC(C=O)(COCC(C)(C)C2)N1. The van der Waals surface area contributed by atoms with Crippen LogP contribution in [0, 0.1) is 17.3 Å². The molecule has 1 unspecified atom stereocenters. The quantitative estimate of drug-likeness (QED) is 0.159. The molecule has 0 spiro atoms. The fourth-order valence-electron chi connectivity index (χ4n) is 9.75. The summed E-state index contributed by atoms with van der Waals surface area (Å²) in [7, 11) is 3.34. The summed E-state index contributed by atoms with van der Waals surface area (Å²) in [5, 5.41) is 20.0. The second kappa shape index (κ2) is 18.7. The molecule has 5 heterocycles. The Kier molecular flexibility index (Phi) is 13.5. The highest BCUT2D eigenvalue weighted by Gasteiger charge is 2.41. The minimum Gasteiger partial charge on any atom is -0.508 e. The Bertz CT molecular complexity index is 2300. The van der Waals surface area contributed by atoms with Crippen LogP contribution in [0.2, 0.25) is 0 Å². The average Bonchev–Trinajstić information content (AvgIpc) is 3.89. The number of aldehydes is 1. The highest BCUT2D eigenvalue weighted by molar-refractivity contribution is 5.96. The van der Waals surface area contributed by atoms with Gasteiger partial charge in [0.1, 0.15) is 29.7 Å². The molecule has 332 valence electrons. The van der Waals surface area contributed by atoms with E-state index in [4.69, 9.17) is 9.47 Å². The number of aryl methyl sites for hydroxylation is 1. The first kappa shape index (κ1) is 44.9. The molecule has 2 aromatic heterocycles. The van der Waals surface area contributed by atoms with Gasteiger partial charge in [-0.25, -0.2) is 5.43 Å². The average molecular weight is 850 g/mol. The van der Waals surface area contributed by atoms with Crippen molar-refractivity contribution in [2.45, 2.75) is 97.5 Å². The van der Waals surface area contributed by atoms with Crippen molar-refractivity contribution in [3.05, 3.63) is 71.5 Å². The lowest BCUT2D eigenvalue weighted by Gasteiger charge is -2.42. The lowest BCUT2D eigenvalue weighted by molar-refractivity contribution is -0.148. The van der Waals surface area contributed by atoms with Gasteiger partial charge in [0.15, 0.2) is 0 Å². The maximum atomic E-state index is 14.7. The largest absolute Gasteiger partial charge is 0.508 e. The maximum Gasteiger partial charge on any atom is 0.259 e. The van der Waals surface area contributed by atoms with E-state index in [1.54, 1.807) is 32.5 Å². The summed E-state index contributed by atoms with van der Waals surface area (Å²) in [5.74, 6) is -1.49. The zero-order valence-electron chi connectivity index (χ0n) is 37.3. The van der Waals surface area contributed by atoms with E-state index < -0.39 is 34.9 Å². The molecule has 14 heteroatoms. The van der Waals surface area contributed by atoms with Crippen molar-refractivity contribution in [2.24, 2.45) is 17.3 Å². The van der Waals surface area contributed by atoms with Crippen LogP contribution in [0.1, 0.15) is 70.6 Å². The van der Waals surface area contributed by atoms with Crippen molar-refractivity contribution < 1.29 is 33.8 Å². The Morgan fingerprint density at radius 2 is 1.95 bits per heavy atom. The monoisotopic (exact) mass is 849 g/mol. The van der Waals surface area contributed by atoms with Crippen molar-refractivity contribution >= 4 is 34.9 Å². The number of methoxy groups -OCH3 is 1. The van der Waals surface area contributed by atoms with Gasteiger partial charge in [0, 0.05) is 69.1 Å². The molecule has 0 radical (unpaired) electrons. The van der Waals surface area contributed by atoms with Crippen molar-refractivity contribution in [1.82, 2.24) is 35.5 Å². The molecule has 2 aromatic carbocycles. The fraction of sp³-hybridized carbons (Fsp3) is 0.521. The van der Waals surface area contributed by atoms with Crippen LogP contribution >= 0.6 is 0 Å². The first-order valence-corrected chi connectivity index (χ1v) is 22.0. The van der Waals surface area contributed by atoms with Crippen molar-refractivity contribution in [3.63, 3.8) is 0 Å². The standard InChI is InChI=1S/C48H63N7O7/c1-8-54-41-11-10-32-22-37(41)38(43(54)39-25-50-16-13-34(39)26-61-7)23-47(4,5)28-62-29-48(27-56)14-9-17-55(52-48)46(60)40(20-31-18-35(32)21-36(57)19-31)51-44(58)42(30(2)3)53(6)45(59)33-12-15-49-24-33/h10-11,13,16,18-19,21-22,25,27,30,33,40,42,49,52,57H,8-9,12,14-15,17,20,23-24,26,28-29H2,1-7H3,(H,51,58)/t33-,40-,42-,48?/m0/s1. The number of amides is 3. The number of hydrogen-bond acceptors (Lipinski definition) is 10. The van der Waals surface area contributed by atoms with Gasteiger partial charge in [0.05, 0.1) is 31.4 Å². The Balaban J connectivity index is 1.35. The third kappa shape index (κ3) is 9.29. The van der Waals surface area contributed by atoms with Crippen molar-refractivity contribution in [1.29, 1.82) is 0 Å². The van der Waals surface area contributed by atoms with Crippen LogP contribution < -0.4 is 16.1 Å². The molecule has 0 aliphatic carbocycles. The zero-order chi connectivity index (χ0) is 44.3. The number of phenolic OH excluding ortho intramolecular Hbond substituents is 1. The highest BCUT2D eigenvalue weighted by atomic mass is 16.5. The Labute approximate surface area is 364 Å². The molecule has 14 nitrogen and oxygen atoms in total. The lowest BCUT2D eigenvalue weighted by atomic mass is 9.84. The van der Waals surface area contributed by atoms with E-state index in [0.717, 1.165) is 57.2 Å². The number of carbonyl (C=O) groups excluding carboxylic acids is 4. The first-order valence-electron chi connectivity index (χ1n) is 22.0. The van der Waals surface area contributed by atoms with Crippen LogP contribution in [0.15, 0.2) is 54.9 Å². The third-order valence-electron chi connectivity index (χ3n) is 12.8. The van der Waals surface area contributed by atoms with Gasteiger partial charge in [-0.3, -0.25) is 24.4 Å². The van der Waals surface area contributed by atoms with E-state index >= 15 is 0 Å². The Hall–Kier alpha value is -5.15. The molecular formula is C48H63N7O7. The first-order chi connectivity index (χ1) is 29.7. The van der Waals surface area contributed by atoms with Gasteiger partial charge in [0.2, 0.25) is 11.8 Å². The van der Waals surface area contributed by atoms with Crippen molar-refractivity contribution in [3.8, 4) is 28.1 Å². The number of ether oxygens (including phenoxy) is 2. The molecule has 2 saturated heterocycles. The van der Waals surface area contributed by atoms with E-state index in [-0.39, 0.29) is 36.5 Å². The number of hydrazine groups is 1. The predicted octanol–water partition coefficient (Wildman–Crippen LogP) is 5.03. The number of nitrogens with zero attached hydrogens (tertiary/aromatic N) is 4. The highest BCUT2D eigenvalue weighted by Crippen LogP contribution is 2.41. The molecule has 6 bridgehead atoms. The van der Waals surface area contributed by atoms with Crippen LogP contribution in [-0.4, -0.2) is 113 Å². The Morgan fingerprint density at radius 3 is 2.66 bits per heavy atom. The van der Waals surface area contributed by atoms with Gasteiger partial charge in [-0.2, -0.15) is 0 Å². The molecular weight excluding hydrogens is 787 g/mol. The van der Waals surface area contributed by atoms with Crippen LogP contribution in [-0.2, 0) is 54.6 Å². The summed E-state index contributed by atoms with van der Waals surface area (Å²) in [6.45, 7) is 13.3. The van der Waals surface area contributed by atoms with Crippen LogP contribution in [0.25, 0.3) is 33.3 Å². The summed E-state index contributed by atoms with van der Waals surface area (Å²) < 4.78 is 14.4. The molecule has 0 saturated carbocycles. The van der Waals surface area contributed by atoms with E-state index in [1.165, 1.54) is 9.91 Å². The van der Waals surface area contributed by atoms with Crippen LogP contribution in [0.4, 0.5) is 0 Å². The van der Waals surface area contributed by atoms with Gasteiger partial charge in [0.25, 0.3) is 5.91 Å². The normalized spacial score (nSPS) is 22.3. The molecule has 2 fully saturated rings. The van der Waals surface area contributed by atoms with E-state index in [1.807, 2.05) is 38.2 Å². The van der Waals surface area contributed by atoms with E-state index in [0.29, 0.717) is 64.1 Å². The van der Waals surface area contributed by atoms with Crippen molar-refractivity contribution in [2.75, 3.05) is 47.0 Å². The molecule has 4 N–H and O–H groups in total. The van der Waals surface area contributed by atoms with Gasteiger partial charge >= 0.3 is 0 Å². The minimum absolute atomic E-state index is 0.0149. The molecule has 4 atom stereocenters. The number of hydrogen-bond donors (Lipinski definition) is 4. The topological polar surface area (TPSA) is 167 Å². The number of fused-ring (bicyclic) bond motifs is 6. The summed E-state index contributed by atoms with van der Waals surface area (Å²) in [6, 6.07) is 11.6. The summed E-state index contributed by atoms with van der Waals surface area (Å²) in [5.41, 5.74) is 9.09. The second-order valence-electron chi connectivity index (χ2n) is 18.6. The van der Waals surface area contributed by atoms with Gasteiger partial charge in [-0.15, -0.1) is 0 Å². The number of nitrogens with one attached hydrogen (secondary N) is 3. The molecule has 7 rings (SSSR count). The second-order valence-corrected chi connectivity index (χ2v) is 18.6.